The number of methoxy groups -OCH3 is 3. The summed E-state index contributed by atoms with van der Waals surface area (Å²) in [5.74, 6) is 0.683. The zero-order valence-electron chi connectivity index (χ0n) is 16.7. The van der Waals surface area contributed by atoms with Crippen molar-refractivity contribution >= 4 is 17.3 Å². The zero-order chi connectivity index (χ0) is 20.3. The maximum absolute atomic E-state index is 11.6. The molecule has 1 aromatic heterocycles. The molecule has 0 bridgehead atoms. The van der Waals surface area contributed by atoms with E-state index in [2.05, 4.69) is 23.3 Å². The van der Waals surface area contributed by atoms with Crippen molar-refractivity contribution in [3.8, 4) is 17.2 Å². The number of carboxylic acids is 1. The fourth-order valence-corrected chi connectivity index (χ4v) is 4.96. The highest BCUT2D eigenvalue weighted by molar-refractivity contribution is 7.10. The Morgan fingerprint density at radius 2 is 1.96 bits per heavy atom. The Bertz CT molecular complexity index is 834. The summed E-state index contributed by atoms with van der Waals surface area (Å²) in [6, 6.07) is 5.93. The topological polar surface area (TPSA) is 68.2 Å². The molecular weight excluding hydrogens is 378 g/mol. The SMILES string of the molecule is COc1ccc(C(c2cc(C)cs2)N2CCCC(C(=O)O)C2)c(OC)c1OC. The number of piperidine rings is 1. The minimum atomic E-state index is -0.731. The van der Waals surface area contributed by atoms with Crippen LogP contribution < -0.4 is 14.2 Å². The Labute approximate surface area is 169 Å². The van der Waals surface area contributed by atoms with Crippen LogP contribution in [0.15, 0.2) is 23.6 Å². The number of aryl methyl sites for hydroxylation is 1. The van der Waals surface area contributed by atoms with Crippen LogP contribution in [0.5, 0.6) is 17.2 Å². The van der Waals surface area contributed by atoms with Crippen molar-refractivity contribution in [3.63, 3.8) is 0 Å². The molecule has 0 amide bonds. The molecule has 1 aromatic carbocycles. The molecular formula is C21H27NO5S. The van der Waals surface area contributed by atoms with Gasteiger partial charge in [-0.15, -0.1) is 11.3 Å². The molecule has 0 aliphatic carbocycles. The molecule has 1 aliphatic heterocycles. The van der Waals surface area contributed by atoms with E-state index in [-0.39, 0.29) is 12.0 Å². The first-order valence-electron chi connectivity index (χ1n) is 9.30. The largest absolute Gasteiger partial charge is 0.493 e. The summed E-state index contributed by atoms with van der Waals surface area (Å²) in [6.45, 7) is 3.41. The third-order valence-corrected chi connectivity index (χ3v) is 6.32. The summed E-state index contributed by atoms with van der Waals surface area (Å²) in [5, 5.41) is 11.7. The summed E-state index contributed by atoms with van der Waals surface area (Å²) in [7, 11) is 4.81. The highest BCUT2D eigenvalue weighted by atomic mass is 32.1. The molecule has 1 aliphatic rings. The second kappa shape index (κ2) is 8.84. The van der Waals surface area contributed by atoms with Crippen molar-refractivity contribution in [1.82, 2.24) is 4.90 Å². The first kappa shape index (κ1) is 20.5. The van der Waals surface area contributed by atoms with E-state index >= 15 is 0 Å². The lowest BCUT2D eigenvalue weighted by molar-refractivity contribution is -0.143. The van der Waals surface area contributed by atoms with E-state index in [1.54, 1.807) is 32.7 Å². The Hall–Kier alpha value is -2.25. The molecule has 0 spiro atoms. The molecule has 1 N–H and O–H groups in total. The molecule has 0 radical (unpaired) electrons. The van der Waals surface area contributed by atoms with Gasteiger partial charge < -0.3 is 19.3 Å². The summed E-state index contributed by atoms with van der Waals surface area (Å²) in [6.07, 6.45) is 1.57. The van der Waals surface area contributed by atoms with E-state index in [0.717, 1.165) is 23.4 Å². The van der Waals surface area contributed by atoms with Gasteiger partial charge >= 0.3 is 5.97 Å². The first-order valence-corrected chi connectivity index (χ1v) is 10.2. The van der Waals surface area contributed by atoms with Crippen LogP contribution in [0.25, 0.3) is 0 Å². The van der Waals surface area contributed by atoms with Crippen LogP contribution in [0.2, 0.25) is 0 Å². The van der Waals surface area contributed by atoms with Gasteiger partial charge in [-0.25, -0.2) is 0 Å². The average Bonchev–Trinajstić information content (AvgIpc) is 3.13. The average molecular weight is 406 g/mol. The number of ether oxygens (including phenoxy) is 3. The molecule has 1 saturated heterocycles. The van der Waals surface area contributed by atoms with Crippen LogP contribution in [-0.2, 0) is 4.79 Å². The normalized spacial score (nSPS) is 18.5. The van der Waals surface area contributed by atoms with Crippen molar-refractivity contribution < 1.29 is 24.1 Å². The lowest BCUT2D eigenvalue weighted by Crippen LogP contribution is -2.41. The third kappa shape index (κ3) is 3.95. The number of rotatable bonds is 7. The van der Waals surface area contributed by atoms with E-state index in [9.17, 15) is 9.90 Å². The number of thiophene rings is 1. The van der Waals surface area contributed by atoms with E-state index < -0.39 is 5.97 Å². The molecule has 2 atom stereocenters. The van der Waals surface area contributed by atoms with Crippen molar-refractivity contribution in [2.75, 3.05) is 34.4 Å². The van der Waals surface area contributed by atoms with Crippen molar-refractivity contribution in [2.24, 2.45) is 5.92 Å². The minimum absolute atomic E-state index is 0.101. The zero-order valence-corrected chi connectivity index (χ0v) is 17.5. The van der Waals surface area contributed by atoms with Gasteiger partial charge in [-0.2, -0.15) is 0 Å². The molecule has 152 valence electrons. The highest BCUT2D eigenvalue weighted by Crippen LogP contribution is 2.46. The minimum Gasteiger partial charge on any atom is -0.493 e. The van der Waals surface area contributed by atoms with Crippen LogP contribution in [0.1, 0.15) is 34.9 Å². The maximum atomic E-state index is 11.6. The van der Waals surface area contributed by atoms with Crippen LogP contribution in [0.3, 0.4) is 0 Å². The van der Waals surface area contributed by atoms with E-state index in [4.69, 9.17) is 14.2 Å². The number of benzene rings is 1. The Balaban J connectivity index is 2.11. The summed E-state index contributed by atoms with van der Waals surface area (Å²) < 4.78 is 16.7. The second-order valence-electron chi connectivity index (χ2n) is 7.02. The molecule has 2 aromatic rings. The predicted molar refractivity (Wildman–Crippen MR) is 109 cm³/mol. The molecule has 6 nitrogen and oxygen atoms in total. The van der Waals surface area contributed by atoms with Crippen LogP contribution in [-0.4, -0.2) is 50.4 Å². The van der Waals surface area contributed by atoms with Crippen LogP contribution in [0, 0.1) is 12.8 Å². The molecule has 0 saturated carbocycles. The van der Waals surface area contributed by atoms with Gasteiger partial charge in [-0.1, -0.05) is 0 Å². The smallest absolute Gasteiger partial charge is 0.307 e. The first-order chi connectivity index (χ1) is 13.5. The molecule has 2 unspecified atom stereocenters. The van der Waals surface area contributed by atoms with Gasteiger partial charge in [0.2, 0.25) is 5.75 Å². The van der Waals surface area contributed by atoms with Gasteiger partial charge in [0.15, 0.2) is 11.5 Å². The van der Waals surface area contributed by atoms with E-state index in [0.29, 0.717) is 30.2 Å². The molecule has 7 heteroatoms. The Morgan fingerprint density at radius 3 is 2.54 bits per heavy atom. The Morgan fingerprint density at radius 1 is 1.21 bits per heavy atom. The summed E-state index contributed by atoms with van der Waals surface area (Å²) in [4.78, 5) is 15.0. The maximum Gasteiger partial charge on any atom is 0.307 e. The van der Waals surface area contributed by atoms with Gasteiger partial charge in [0, 0.05) is 17.0 Å². The molecule has 28 heavy (non-hydrogen) atoms. The fraction of sp³-hybridized carbons (Fsp3) is 0.476. The van der Waals surface area contributed by atoms with Gasteiger partial charge in [0.25, 0.3) is 0 Å². The summed E-state index contributed by atoms with van der Waals surface area (Å²) in [5.41, 5.74) is 2.14. The van der Waals surface area contributed by atoms with Gasteiger partial charge in [0.05, 0.1) is 33.3 Å². The molecule has 1 fully saturated rings. The molecule has 2 heterocycles. The second-order valence-corrected chi connectivity index (χ2v) is 7.97. The number of aliphatic carboxylic acids is 1. The van der Waals surface area contributed by atoms with Gasteiger partial charge in [-0.05, 0) is 55.5 Å². The van der Waals surface area contributed by atoms with Crippen LogP contribution in [0.4, 0.5) is 0 Å². The van der Waals surface area contributed by atoms with Crippen molar-refractivity contribution in [2.45, 2.75) is 25.8 Å². The number of carbonyl (C=O) groups is 1. The van der Waals surface area contributed by atoms with Gasteiger partial charge in [-0.3, -0.25) is 9.69 Å². The highest BCUT2D eigenvalue weighted by Gasteiger charge is 2.34. The Kier molecular flexibility index (Phi) is 6.46. The quantitative estimate of drug-likeness (QED) is 0.752. The predicted octanol–water partition coefficient (Wildman–Crippen LogP) is 3.97. The van der Waals surface area contributed by atoms with E-state index in [1.807, 2.05) is 12.1 Å². The van der Waals surface area contributed by atoms with Crippen LogP contribution >= 0.6 is 11.3 Å². The third-order valence-electron chi connectivity index (χ3n) is 5.22. The number of carboxylic acid groups (broad SMARTS) is 1. The lowest BCUT2D eigenvalue weighted by Gasteiger charge is -2.37. The number of likely N-dealkylation sites (tertiary alicyclic amines) is 1. The van der Waals surface area contributed by atoms with E-state index in [1.165, 1.54) is 5.56 Å². The number of hydrogen-bond donors (Lipinski definition) is 1. The molecule has 3 rings (SSSR count). The standard InChI is InChI=1S/C21H27NO5S/c1-13-10-17(28-12-13)18(22-9-5-6-14(11-22)21(23)24)15-7-8-16(25-2)20(27-4)19(15)26-3/h7-8,10,12,14,18H,5-6,9,11H2,1-4H3,(H,23,24). The monoisotopic (exact) mass is 405 g/mol. The number of hydrogen-bond acceptors (Lipinski definition) is 6. The van der Waals surface area contributed by atoms with Crippen molar-refractivity contribution in [1.29, 1.82) is 0 Å². The van der Waals surface area contributed by atoms with Gasteiger partial charge in [0.1, 0.15) is 0 Å². The summed E-state index contributed by atoms with van der Waals surface area (Å²) >= 11 is 1.68. The number of nitrogens with zero attached hydrogens (tertiary/aromatic N) is 1. The lowest BCUT2D eigenvalue weighted by atomic mass is 9.93. The fourth-order valence-electron chi connectivity index (χ4n) is 3.91. The van der Waals surface area contributed by atoms with Crippen molar-refractivity contribution in [3.05, 3.63) is 39.6 Å².